The molecule has 0 bridgehead atoms. The van der Waals surface area contributed by atoms with Crippen LogP contribution in [0.2, 0.25) is 0 Å². The van der Waals surface area contributed by atoms with Crippen molar-refractivity contribution < 1.29 is 9.13 Å². The van der Waals surface area contributed by atoms with Gasteiger partial charge in [-0.3, -0.25) is 4.98 Å². The van der Waals surface area contributed by atoms with Crippen LogP contribution in [0.4, 0.5) is 4.39 Å². The Balaban J connectivity index is 1.69. The van der Waals surface area contributed by atoms with Crippen LogP contribution in [0.5, 0.6) is 5.75 Å². The molecule has 1 aromatic carbocycles. The van der Waals surface area contributed by atoms with Crippen molar-refractivity contribution in [1.82, 2.24) is 4.98 Å². The number of rotatable bonds is 17. The standard InChI is InChI=1S/C28H42FNO/c1-3-5-7-9-11-12-14-24-16-18-25(19-17-24)28-21-20-27(22-30-28)31-23-26(29)15-13-10-8-6-4-2/h16-22,26H,3-15,23H2,1-2H3. The third-order valence-corrected chi connectivity index (χ3v) is 5.86. The summed E-state index contributed by atoms with van der Waals surface area (Å²) in [5.74, 6) is 0.636. The molecule has 0 radical (unpaired) electrons. The van der Waals surface area contributed by atoms with Gasteiger partial charge in [-0.05, 0) is 37.0 Å². The van der Waals surface area contributed by atoms with Gasteiger partial charge in [-0.25, -0.2) is 4.39 Å². The SMILES string of the molecule is CCCCCCCCc1ccc(-c2ccc(OCC(F)CCCCCCC)cn2)cc1. The smallest absolute Gasteiger partial charge is 0.137 e. The van der Waals surface area contributed by atoms with Crippen molar-refractivity contribution in [3.05, 3.63) is 48.2 Å². The molecule has 0 saturated carbocycles. The van der Waals surface area contributed by atoms with Crippen molar-refractivity contribution >= 4 is 0 Å². The zero-order chi connectivity index (χ0) is 22.2. The fraction of sp³-hybridized carbons (Fsp3) is 0.607. The van der Waals surface area contributed by atoms with Gasteiger partial charge in [-0.1, -0.05) is 102 Å². The predicted octanol–water partition coefficient (Wildman–Crippen LogP) is 8.73. The van der Waals surface area contributed by atoms with Gasteiger partial charge in [0.25, 0.3) is 0 Å². The summed E-state index contributed by atoms with van der Waals surface area (Å²) < 4.78 is 19.6. The summed E-state index contributed by atoms with van der Waals surface area (Å²) in [4.78, 5) is 4.51. The molecule has 1 heterocycles. The van der Waals surface area contributed by atoms with E-state index in [0.717, 1.165) is 30.5 Å². The van der Waals surface area contributed by atoms with Crippen molar-refractivity contribution in [2.45, 2.75) is 103 Å². The van der Waals surface area contributed by atoms with Gasteiger partial charge in [0.05, 0.1) is 11.9 Å². The first kappa shape index (κ1) is 25.4. The fourth-order valence-corrected chi connectivity index (χ4v) is 3.83. The Hall–Kier alpha value is -1.90. The Bertz CT molecular complexity index is 683. The molecular weight excluding hydrogens is 385 g/mol. The van der Waals surface area contributed by atoms with E-state index >= 15 is 0 Å². The predicted molar refractivity (Wildman–Crippen MR) is 131 cm³/mol. The topological polar surface area (TPSA) is 22.1 Å². The van der Waals surface area contributed by atoms with Crippen molar-refractivity contribution in [3.63, 3.8) is 0 Å². The third-order valence-electron chi connectivity index (χ3n) is 5.86. The van der Waals surface area contributed by atoms with Gasteiger partial charge in [0.2, 0.25) is 0 Å². The molecule has 0 aliphatic heterocycles. The van der Waals surface area contributed by atoms with Gasteiger partial charge in [-0.15, -0.1) is 0 Å². The number of hydrogen-bond donors (Lipinski definition) is 0. The molecule has 1 atom stereocenters. The van der Waals surface area contributed by atoms with E-state index in [1.807, 2.05) is 12.1 Å². The first-order valence-electron chi connectivity index (χ1n) is 12.5. The highest BCUT2D eigenvalue weighted by atomic mass is 19.1. The molecule has 31 heavy (non-hydrogen) atoms. The lowest BCUT2D eigenvalue weighted by atomic mass is 10.0. The largest absolute Gasteiger partial charge is 0.489 e. The van der Waals surface area contributed by atoms with Gasteiger partial charge >= 0.3 is 0 Å². The van der Waals surface area contributed by atoms with E-state index in [1.165, 1.54) is 63.4 Å². The highest BCUT2D eigenvalue weighted by molar-refractivity contribution is 5.59. The van der Waals surface area contributed by atoms with Crippen LogP contribution in [0.3, 0.4) is 0 Å². The third kappa shape index (κ3) is 10.8. The van der Waals surface area contributed by atoms with Crippen LogP contribution in [0, 0.1) is 0 Å². The molecule has 2 rings (SSSR count). The monoisotopic (exact) mass is 427 g/mol. The van der Waals surface area contributed by atoms with E-state index in [2.05, 4.69) is 43.1 Å². The number of halogens is 1. The summed E-state index contributed by atoms with van der Waals surface area (Å²) >= 11 is 0. The van der Waals surface area contributed by atoms with Crippen LogP contribution in [0.25, 0.3) is 11.3 Å². The Labute approximate surface area is 189 Å². The lowest BCUT2D eigenvalue weighted by Gasteiger charge is -2.11. The summed E-state index contributed by atoms with van der Waals surface area (Å²) in [6.07, 6.45) is 16.2. The van der Waals surface area contributed by atoms with Crippen LogP contribution in [-0.4, -0.2) is 17.8 Å². The minimum atomic E-state index is -0.902. The summed E-state index contributed by atoms with van der Waals surface area (Å²) in [5.41, 5.74) is 3.42. The first-order chi connectivity index (χ1) is 15.2. The second-order valence-electron chi connectivity index (χ2n) is 8.71. The molecule has 0 amide bonds. The van der Waals surface area contributed by atoms with E-state index in [-0.39, 0.29) is 6.61 Å². The maximum atomic E-state index is 14.0. The van der Waals surface area contributed by atoms with Gasteiger partial charge in [0, 0.05) is 5.56 Å². The van der Waals surface area contributed by atoms with Crippen LogP contribution >= 0.6 is 0 Å². The molecular formula is C28H42FNO. The minimum absolute atomic E-state index is 0.113. The number of pyridine rings is 1. The zero-order valence-corrected chi connectivity index (χ0v) is 19.8. The fourth-order valence-electron chi connectivity index (χ4n) is 3.83. The second-order valence-corrected chi connectivity index (χ2v) is 8.71. The summed E-state index contributed by atoms with van der Waals surface area (Å²) in [5, 5.41) is 0. The normalized spacial score (nSPS) is 12.1. The average Bonchev–Trinajstić information content (AvgIpc) is 2.80. The van der Waals surface area contributed by atoms with E-state index < -0.39 is 6.17 Å². The highest BCUT2D eigenvalue weighted by Gasteiger charge is 2.08. The molecule has 172 valence electrons. The zero-order valence-electron chi connectivity index (χ0n) is 19.8. The van der Waals surface area contributed by atoms with E-state index in [0.29, 0.717) is 12.2 Å². The molecule has 0 aliphatic carbocycles. The van der Waals surface area contributed by atoms with Gasteiger partial charge in [-0.2, -0.15) is 0 Å². The lowest BCUT2D eigenvalue weighted by Crippen LogP contribution is -2.12. The molecule has 0 N–H and O–H groups in total. The number of nitrogens with zero attached hydrogens (tertiary/aromatic N) is 1. The maximum Gasteiger partial charge on any atom is 0.137 e. The molecule has 1 aromatic heterocycles. The van der Waals surface area contributed by atoms with Gasteiger partial charge < -0.3 is 4.74 Å². The van der Waals surface area contributed by atoms with Gasteiger partial charge in [0.1, 0.15) is 18.5 Å². The maximum absolute atomic E-state index is 14.0. The Morgan fingerprint density at radius 3 is 2.06 bits per heavy atom. The van der Waals surface area contributed by atoms with E-state index in [1.54, 1.807) is 6.20 Å². The Kier molecular flexibility index (Phi) is 13.0. The summed E-state index contributed by atoms with van der Waals surface area (Å²) in [6.45, 7) is 4.56. The number of benzene rings is 1. The number of hydrogen-bond acceptors (Lipinski definition) is 2. The second kappa shape index (κ2) is 15.8. The van der Waals surface area contributed by atoms with Crippen LogP contribution in [0.1, 0.15) is 96.5 Å². The molecule has 1 unspecified atom stereocenters. The van der Waals surface area contributed by atoms with Crippen LogP contribution in [-0.2, 0) is 6.42 Å². The summed E-state index contributed by atoms with van der Waals surface area (Å²) in [7, 11) is 0. The van der Waals surface area contributed by atoms with Crippen molar-refractivity contribution in [2.24, 2.45) is 0 Å². The number of alkyl halides is 1. The molecule has 3 heteroatoms. The highest BCUT2D eigenvalue weighted by Crippen LogP contribution is 2.21. The molecule has 0 spiro atoms. The van der Waals surface area contributed by atoms with Crippen LogP contribution in [0.15, 0.2) is 42.6 Å². The number of ether oxygens (including phenoxy) is 1. The quantitative estimate of drug-likeness (QED) is 0.235. The molecule has 0 fully saturated rings. The molecule has 2 nitrogen and oxygen atoms in total. The Morgan fingerprint density at radius 2 is 1.42 bits per heavy atom. The van der Waals surface area contributed by atoms with Crippen molar-refractivity contribution in [1.29, 1.82) is 0 Å². The lowest BCUT2D eigenvalue weighted by molar-refractivity contribution is 0.183. The Morgan fingerprint density at radius 1 is 0.774 bits per heavy atom. The van der Waals surface area contributed by atoms with E-state index in [9.17, 15) is 4.39 Å². The summed E-state index contributed by atoms with van der Waals surface area (Å²) in [6, 6.07) is 12.6. The first-order valence-corrected chi connectivity index (χ1v) is 12.5. The van der Waals surface area contributed by atoms with Gasteiger partial charge in [0.15, 0.2) is 0 Å². The minimum Gasteiger partial charge on any atom is -0.489 e. The van der Waals surface area contributed by atoms with E-state index in [4.69, 9.17) is 4.74 Å². The molecule has 0 aliphatic rings. The average molecular weight is 428 g/mol. The number of unbranched alkanes of at least 4 members (excludes halogenated alkanes) is 9. The molecule has 0 saturated heterocycles. The number of aromatic nitrogens is 1. The molecule has 2 aromatic rings. The van der Waals surface area contributed by atoms with Crippen molar-refractivity contribution in [2.75, 3.05) is 6.61 Å². The van der Waals surface area contributed by atoms with Crippen molar-refractivity contribution in [3.8, 4) is 17.0 Å². The number of aryl methyl sites for hydroxylation is 1. The van der Waals surface area contributed by atoms with Crippen LogP contribution < -0.4 is 4.74 Å².